The summed E-state index contributed by atoms with van der Waals surface area (Å²) in [5.74, 6) is -0.260. The Labute approximate surface area is 208 Å². The molecule has 0 spiro atoms. The first-order valence-electron chi connectivity index (χ1n) is 12.2. The van der Waals surface area contributed by atoms with Gasteiger partial charge < -0.3 is 10.1 Å². The highest BCUT2D eigenvalue weighted by Crippen LogP contribution is 2.30. The van der Waals surface area contributed by atoms with Gasteiger partial charge >= 0.3 is 0 Å². The lowest BCUT2D eigenvalue weighted by molar-refractivity contribution is -0.117. The van der Waals surface area contributed by atoms with Crippen molar-refractivity contribution >= 4 is 35.0 Å². The van der Waals surface area contributed by atoms with Crippen molar-refractivity contribution in [2.75, 3.05) is 0 Å². The number of nitrogens with zero attached hydrogens (tertiary/aromatic N) is 2. The van der Waals surface area contributed by atoms with Gasteiger partial charge in [0.05, 0.1) is 11.4 Å². The van der Waals surface area contributed by atoms with Crippen LogP contribution in [0.25, 0.3) is 0 Å². The smallest absolute Gasteiger partial charge is 0.251 e. The Morgan fingerprint density at radius 3 is 2.40 bits per heavy atom. The normalized spacial score (nSPS) is 12.9. The maximum atomic E-state index is 13.2. The van der Waals surface area contributed by atoms with Crippen LogP contribution in [-0.2, 0) is 4.79 Å². The molecule has 2 aromatic carbocycles. The van der Waals surface area contributed by atoms with E-state index in [2.05, 4.69) is 10.3 Å². The fraction of sp³-hybridized carbons (Fsp3) is 0.379. The number of carbonyl (C=O) groups is 2. The van der Waals surface area contributed by atoms with E-state index in [-0.39, 0.29) is 23.5 Å². The van der Waals surface area contributed by atoms with Gasteiger partial charge in [0.2, 0.25) is 0 Å². The van der Waals surface area contributed by atoms with Crippen molar-refractivity contribution in [3.63, 3.8) is 0 Å². The van der Waals surface area contributed by atoms with Crippen LogP contribution in [0.15, 0.2) is 64.6 Å². The lowest BCUT2D eigenvalue weighted by Crippen LogP contribution is -2.30. The summed E-state index contributed by atoms with van der Waals surface area (Å²) in [7, 11) is 0. The van der Waals surface area contributed by atoms with E-state index in [0.717, 1.165) is 43.4 Å². The van der Waals surface area contributed by atoms with E-state index in [1.807, 2.05) is 32.9 Å². The number of halogens is 1. The Balaban J connectivity index is 2.24. The molecule has 6 heteroatoms. The minimum Gasteiger partial charge on any atom is -0.346 e. The predicted molar refractivity (Wildman–Crippen MR) is 143 cm³/mol. The Morgan fingerprint density at radius 1 is 1.00 bits per heavy atom. The molecular weight excluding hydrogens is 441 g/mol. The lowest BCUT2D eigenvalue weighted by Gasteiger charge is -2.11. The number of ketones is 1. The summed E-state index contributed by atoms with van der Waals surface area (Å²) in [5, 5.41) is 2.98. The van der Waals surface area contributed by atoms with Crippen molar-refractivity contribution in [1.82, 2.24) is 5.32 Å². The van der Waals surface area contributed by atoms with Crippen LogP contribution in [0.4, 0.5) is 15.8 Å². The largest absolute Gasteiger partial charge is 0.346 e. The lowest BCUT2D eigenvalue weighted by atomic mass is 10.1. The summed E-state index contributed by atoms with van der Waals surface area (Å²) in [6.45, 7) is 7.56. The SMILES string of the molecule is CC/C=C/[C@@H](C)NC(=O)c1ccc(/N=C/c2ccc(F)cc2)c(/N=C(\C)CCCCCC(C)=O)c1. The van der Waals surface area contributed by atoms with Gasteiger partial charge in [-0.05, 0) is 82.3 Å². The number of nitrogens with one attached hydrogen (secondary N) is 1. The molecule has 1 atom stereocenters. The van der Waals surface area contributed by atoms with E-state index in [1.54, 1.807) is 43.5 Å². The van der Waals surface area contributed by atoms with Crippen molar-refractivity contribution in [2.24, 2.45) is 9.98 Å². The van der Waals surface area contributed by atoms with Crippen molar-refractivity contribution in [3.05, 3.63) is 71.6 Å². The second-order valence-corrected chi connectivity index (χ2v) is 8.72. The summed E-state index contributed by atoms with van der Waals surface area (Å²) in [6.07, 6.45) is 10.8. The van der Waals surface area contributed by atoms with E-state index >= 15 is 0 Å². The molecule has 35 heavy (non-hydrogen) atoms. The van der Waals surface area contributed by atoms with Crippen LogP contribution in [0.3, 0.4) is 0 Å². The van der Waals surface area contributed by atoms with Crippen LogP contribution in [-0.4, -0.2) is 29.7 Å². The van der Waals surface area contributed by atoms with Crippen LogP contribution in [0.5, 0.6) is 0 Å². The highest BCUT2D eigenvalue weighted by atomic mass is 19.1. The van der Waals surface area contributed by atoms with Gasteiger partial charge in [-0.1, -0.05) is 37.6 Å². The minimum absolute atomic E-state index is 0.0812. The molecule has 186 valence electrons. The zero-order valence-corrected chi connectivity index (χ0v) is 21.2. The number of rotatable bonds is 13. The second-order valence-electron chi connectivity index (χ2n) is 8.72. The van der Waals surface area contributed by atoms with Crippen LogP contribution in [0.1, 0.15) is 82.1 Å². The van der Waals surface area contributed by atoms with Gasteiger partial charge in [0.25, 0.3) is 5.91 Å². The zero-order chi connectivity index (χ0) is 25.6. The van der Waals surface area contributed by atoms with Crippen LogP contribution in [0, 0.1) is 5.82 Å². The summed E-state index contributed by atoms with van der Waals surface area (Å²) >= 11 is 0. The summed E-state index contributed by atoms with van der Waals surface area (Å²) in [6, 6.07) is 11.3. The van der Waals surface area contributed by atoms with E-state index in [1.165, 1.54) is 12.1 Å². The summed E-state index contributed by atoms with van der Waals surface area (Å²) < 4.78 is 13.2. The number of Topliss-reactive ketones (excluding diaryl/α,β-unsaturated/α-hetero) is 1. The monoisotopic (exact) mass is 477 g/mol. The van der Waals surface area contributed by atoms with E-state index in [0.29, 0.717) is 23.4 Å². The molecule has 1 N–H and O–H groups in total. The van der Waals surface area contributed by atoms with Crippen molar-refractivity contribution in [2.45, 2.75) is 72.3 Å². The molecule has 2 rings (SSSR count). The number of aliphatic imine (C=N–C) groups is 2. The van der Waals surface area contributed by atoms with Crippen molar-refractivity contribution in [3.8, 4) is 0 Å². The van der Waals surface area contributed by atoms with Gasteiger partial charge in [-0.2, -0.15) is 0 Å². The van der Waals surface area contributed by atoms with Gasteiger partial charge in [-0.15, -0.1) is 0 Å². The summed E-state index contributed by atoms with van der Waals surface area (Å²) in [5.41, 5.74) is 3.44. The fourth-order valence-corrected chi connectivity index (χ4v) is 3.43. The number of hydrogen-bond acceptors (Lipinski definition) is 4. The average Bonchev–Trinajstić information content (AvgIpc) is 2.82. The molecule has 0 radical (unpaired) electrons. The third-order valence-corrected chi connectivity index (χ3v) is 5.36. The van der Waals surface area contributed by atoms with Crippen LogP contribution >= 0.6 is 0 Å². The molecule has 1 amide bonds. The number of hydrogen-bond donors (Lipinski definition) is 1. The highest BCUT2D eigenvalue weighted by Gasteiger charge is 2.11. The summed E-state index contributed by atoms with van der Waals surface area (Å²) in [4.78, 5) is 33.2. The number of benzene rings is 2. The van der Waals surface area contributed by atoms with E-state index < -0.39 is 0 Å². The molecule has 0 aromatic heterocycles. The number of unbranched alkanes of at least 4 members (excludes halogenated alkanes) is 2. The van der Waals surface area contributed by atoms with E-state index in [4.69, 9.17) is 4.99 Å². The molecule has 0 saturated heterocycles. The average molecular weight is 478 g/mol. The standard InChI is InChI=1S/C29H36FN3O2/c1-5-6-10-22(3)33-29(35)25-15-18-27(31-20-24-13-16-26(30)17-14-24)28(19-25)32-21(2)11-8-7-9-12-23(4)34/h6,10,13-20,22H,5,7-9,11-12H2,1-4H3,(H,33,35)/b10-6+,31-20+,32-21+/t22-/m1/s1. The quantitative estimate of drug-likeness (QED) is 0.187. The molecule has 0 saturated carbocycles. The number of amides is 1. The number of carbonyl (C=O) groups excluding carboxylic acids is 2. The van der Waals surface area contributed by atoms with Gasteiger partial charge in [-0.25, -0.2) is 4.39 Å². The Hall–Kier alpha value is -3.41. The predicted octanol–water partition coefficient (Wildman–Crippen LogP) is 7.29. The maximum Gasteiger partial charge on any atom is 0.251 e. The Bertz CT molecular complexity index is 1070. The fourth-order valence-electron chi connectivity index (χ4n) is 3.43. The van der Waals surface area contributed by atoms with Gasteiger partial charge in [0, 0.05) is 30.0 Å². The third-order valence-electron chi connectivity index (χ3n) is 5.36. The molecule has 0 aliphatic carbocycles. The molecule has 0 unspecified atom stereocenters. The second kappa shape index (κ2) is 14.8. The molecule has 0 aliphatic heterocycles. The van der Waals surface area contributed by atoms with Crippen LogP contribution < -0.4 is 5.32 Å². The first kappa shape index (κ1) is 27.8. The zero-order valence-electron chi connectivity index (χ0n) is 21.2. The van der Waals surface area contributed by atoms with Gasteiger partial charge in [0.15, 0.2) is 0 Å². The van der Waals surface area contributed by atoms with Crippen molar-refractivity contribution < 1.29 is 14.0 Å². The van der Waals surface area contributed by atoms with Gasteiger partial charge in [-0.3, -0.25) is 14.8 Å². The van der Waals surface area contributed by atoms with Crippen molar-refractivity contribution in [1.29, 1.82) is 0 Å². The first-order chi connectivity index (χ1) is 16.8. The molecule has 0 fully saturated rings. The molecule has 0 bridgehead atoms. The number of allylic oxidation sites excluding steroid dienone is 1. The molecule has 2 aromatic rings. The molecule has 0 aliphatic rings. The first-order valence-corrected chi connectivity index (χ1v) is 12.2. The molecule has 5 nitrogen and oxygen atoms in total. The topological polar surface area (TPSA) is 70.9 Å². The van der Waals surface area contributed by atoms with E-state index in [9.17, 15) is 14.0 Å². The Morgan fingerprint density at radius 2 is 1.71 bits per heavy atom. The molecule has 0 heterocycles. The molecular formula is C29H36FN3O2. The van der Waals surface area contributed by atoms with Crippen LogP contribution in [0.2, 0.25) is 0 Å². The van der Waals surface area contributed by atoms with Gasteiger partial charge in [0.1, 0.15) is 11.6 Å². The minimum atomic E-state index is -0.301. The Kier molecular flexibility index (Phi) is 11.7. The highest BCUT2D eigenvalue weighted by molar-refractivity contribution is 5.97. The third kappa shape index (κ3) is 10.6. The maximum absolute atomic E-state index is 13.2.